The Hall–Kier alpha value is -1.65. The number of aromatic nitrogens is 2. The Morgan fingerprint density at radius 2 is 2.50 bits per heavy atom. The van der Waals surface area contributed by atoms with Crippen LogP contribution in [0.2, 0.25) is 0 Å². The summed E-state index contributed by atoms with van der Waals surface area (Å²) < 4.78 is 4.28. The standard InChI is InChI=1S/C5H4N2O3/c8-3-10-4-1-2-6-5(9)7-4/h1-3H,(H,6,7,9). The van der Waals surface area contributed by atoms with Gasteiger partial charge in [0.1, 0.15) is 0 Å². The van der Waals surface area contributed by atoms with E-state index in [1.807, 2.05) is 0 Å². The molecule has 0 aliphatic heterocycles. The summed E-state index contributed by atoms with van der Waals surface area (Å²) in [7, 11) is 0. The molecule has 1 N–H and O–H groups in total. The van der Waals surface area contributed by atoms with Gasteiger partial charge in [0.05, 0.1) is 0 Å². The van der Waals surface area contributed by atoms with Gasteiger partial charge in [-0.15, -0.1) is 0 Å². The van der Waals surface area contributed by atoms with Gasteiger partial charge in [0, 0.05) is 12.3 Å². The largest absolute Gasteiger partial charge is 0.409 e. The Labute approximate surface area is 55.7 Å². The van der Waals surface area contributed by atoms with Gasteiger partial charge in [-0.2, -0.15) is 4.98 Å². The third-order valence-electron chi connectivity index (χ3n) is 0.813. The lowest BCUT2D eigenvalue weighted by molar-refractivity contribution is -0.120. The Morgan fingerprint density at radius 3 is 3.10 bits per heavy atom. The number of carbonyl (C=O) groups is 1. The molecule has 1 aromatic rings. The fourth-order valence-corrected chi connectivity index (χ4v) is 0.469. The molecule has 0 unspecified atom stereocenters. The Balaban J connectivity index is 2.95. The molecule has 0 spiro atoms. The summed E-state index contributed by atoms with van der Waals surface area (Å²) in [5.41, 5.74) is -0.542. The van der Waals surface area contributed by atoms with E-state index in [9.17, 15) is 9.59 Å². The second-order valence-electron chi connectivity index (χ2n) is 1.45. The minimum atomic E-state index is -0.542. The molecule has 0 saturated heterocycles. The number of hydrogen-bond donors (Lipinski definition) is 1. The van der Waals surface area contributed by atoms with Crippen molar-refractivity contribution in [3.8, 4) is 5.88 Å². The average Bonchev–Trinajstić information content (AvgIpc) is 1.88. The number of ether oxygens (including phenoxy) is 1. The molecule has 0 saturated carbocycles. The Bertz CT molecular complexity index is 280. The summed E-state index contributed by atoms with van der Waals surface area (Å²) in [5, 5.41) is 0. The van der Waals surface area contributed by atoms with Crippen LogP contribution < -0.4 is 10.4 Å². The van der Waals surface area contributed by atoms with Crippen LogP contribution in [0, 0.1) is 0 Å². The van der Waals surface area contributed by atoms with Gasteiger partial charge >= 0.3 is 5.69 Å². The topological polar surface area (TPSA) is 72.1 Å². The van der Waals surface area contributed by atoms with E-state index in [-0.39, 0.29) is 12.4 Å². The zero-order chi connectivity index (χ0) is 7.40. The smallest absolute Gasteiger partial charge is 0.348 e. The van der Waals surface area contributed by atoms with Crippen molar-refractivity contribution in [1.82, 2.24) is 9.97 Å². The van der Waals surface area contributed by atoms with Gasteiger partial charge in [0.2, 0.25) is 5.88 Å². The zero-order valence-corrected chi connectivity index (χ0v) is 4.90. The van der Waals surface area contributed by atoms with Crippen molar-refractivity contribution in [3.63, 3.8) is 0 Å². The summed E-state index contributed by atoms with van der Waals surface area (Å²) in [6.45, 7) is 0.210. The van der Waals surface area contributed by atoms with Gasteiger partial charge in [-0.05, 0) is 0 Å². The third-order valence-corrected chi connectivity index (χ3v) is 0.813. The Kier molecular flexibility index (Phi) is 1.79. The van der Waals surface area contributed by atoms with E-state index < -0.39 is 5.69 Å². The molecule has 5 heteroatoms. The molecule has 1 rings (SSSR count). The first-order valence-electron chi connectivity index (χ1n) is 2.49. The quantitative estimate of drug-likeness (QED) is 0.551. The molecular formula is C5H4N2O3. The lowest BCUT2D eigenvalue weighted by atomic mass is 10.6. The number of H-pyrrole nitrogens is 1. The predicted molar refractivity (Wildman–Crippen MR) is 31.5 cm³/mol. The summed E-state index contributed by atoms with van der Waals surface area (Å²) in [5.74, 6) is -0.00116. The first-order valence-corrected chi connectivity index (χ1v) is 2.49. The second-order valence-corrected chi connectivity index (χ2v) is 1.45. The van der Waals surface area contributed by atoms with Crippen LogP contribution >= 0.6 is 0 Å². The van der Waals surface area contributed by atoms with E-state index in [1.165, 1.54) is 12.3 Å². The van der Waals surface area contributed by atoms with Crippen molar-refractivity contribution in [1.29, 1.82) is 0 Å². The van der Waals surface area contributed by atoms with Gasteiger partial charge in [-0.1, -0.05) is 0 Å². The molecule has 5 nitrogen and oxygen atoms in total. The van der Waals surface area contributed by atoms with Crippen LogP contribution in [-0.4, -0.2) is 16.4 Å². The third kappa shape index (κ3) is 1.41. The molecule has 1 aromatic heterocycles. The number of rotatable bonds is 2. The van der Waals surface area contributed by atoms with Crippen molar-refractivity contribution < 1.29 is 9.53 Å². The lowest BCUT2D eigenvalue weighted by Gasteiger charge is -1.90. The highest BCUT2D eigenvalue weighted by molar-refractivity contribution is 5.42. The van der Waals surface area contributed by atoms with Crippen molar-refractivity contribution in [2.45, 2.75) is 0 Å². The highest BCUT2D eigenvalue weighted by Gasteiger charge is 1.91. The molecule has 0 fully saturated rings. The minimum absolute atomic E-state index is 0.00116. The van der Waals surface area contributed by atoms with Crippen molar-refractivity contribution in [2.24, 2.45) is 0 Å². The van der Waals surface area contributed by atoms with Crippen LogP contribution in [0.25, 0.3) is 0 Å². The van der Waals surface area contributed by atoms with Gasteiger partial charge in [-0.3, -0.25) is 4.79 Å². The summed E-state index contributed by atoms with van der Waals surface area (Å²) in [4.78, 5) is 25.7. The van der Waals surface area contributed by atoms with Crippen LogP contribution in [-0.2, 0) is 4.79 Å². The molecule has 10 heavy (non-hydrogen) atoms. The van der Waals surface area contributed by atoms with Gasteiger partial charge in [-0.25, -0.2) is 4.79 Å². The van der Waals surface area contributed by atoms with Crippen molar-refractivity contribution in [2.75, 3.05) is 0 Å². The molecule has 0 aromatic carbocycles. The van der Waals surface area contributed by atoms with Crippen LogP contribution in [0.1, 0.15) is 0 Å². The monoisotopic (exact) mass is 140 g/mol. The van der Waals surface area contributed by atoms with Crippen molar-refractivity contribution >= 4 is 6.47 Å². The van der Waals surface area contributed by atoms with E-state index in [4.69, 9.17) is 0 Å². The van der Waals surface area contributed by atoms with E-state index in [1.54, 1.807) is 0 Å². The molecule has 0 radical (unpaired) electrons. The van der Waals surface area contributed by atoms with E-state index in [0.29, 0.717) is 0 Å². The molecule has 0 bridgehead atoms. The highest BCUT2D eigenvalue weighted by atomic mass is 16.5. The number of aromatic amines is 1. The van der Waals surface area contributed by atoms with Crippen molar-refractivity contribution in [3.05, 3.63) is 22.7 Å². The van der Waals surface area contributed by atoms with Crippen LogP contribution in [0.15, 0.2) is 17.1 Å². The van der Waals surface area contributed by atoms with Gasteiger partial charge < -0.3 is 9.72 Å². The fourth-order valence-electron chi connectivity index (χ4n) is 0.469. The molecule has 0 aliphatic carbocycles. The molecule has 52 valence electrons. The molecule has 0 amide bonds. The fraction of sp³-hybridized carbons (Fsp3) is 0. The maximum atomic E-state index is 10.4. The van der Waals surface area contributed by atoms with Crippen LogP contribution in [0.4, 0.5) is 0 Å². The molecular weight excluding hydrogens is 136 g/mol. The molecule has 1 heterocycles. The van der Waals surface area contributed by atoms with Gasteiger partial charge in [0.15, 0.2) is 0 Å². The SMILES string of the molecule is O=COc1cc[nH]c(=O)n1. The first-order chi connectivity index (χ1) is 4.83. The van der Waals surface area contributed by atoms with E-state index in [2.05, 4.69) is 14.7 Å². The summed E-state index contributed by atoms with van der Waals surface area (Å²) in [6, 6.07) is 1.37. The number of carbonyl (C=O) groups excluding carboxylic acids is 1. The van der Waals surface area contributed by atoms with Crippen LogP contribution in [0.3, 0.4) is 0 Å². The Morgan fingerprint density at radius 1 is 1.70 bits per heavy atom. The van der Waals surface area contributed by atoms with Crippen LogP contribution in [0.5, 0.6) is 5.88 Å². The first kappa shape index (κ1) is 6.47. The maximum Gasteiger partial charge on any atom is 0.348 e. The number of nitrogens with zero attached hydrogens (tertiary/aromatic N) is 1. The molecule has 0 atom stereocenters. The second kappa shape index (κ2) is 2.77. The highest BCUT2D eigenvalue weighted by Crippen LogP contribution is 1.95. The average molecular weight is 140 g/mol. The summed E-state index contributed by atoms with van der Waals surface area (Å²) >= 11 is 0. The van der Waals surface area contributed by atoms with E-state index >= 15 is 0 Å². The normalized spacial score (nSPS) is 8.80. The predicted octanol–water partition coefficient (Wildman–Crippen LogP) is -0.695. The maximum absolute atomic E-state index is 10.4. The molecule has 0 aliphatic rings. The van der Waals surface area contributed by atoms with E-state index in [0.717, 1.165) is 0 Å². The number of nitrogens with one attached hydrogen (secondary N) is 1. The summed E-state index contributed by atoms with van der Waals surface area (Å²) in [6.07, 6.45) is 1.34. The number of hydrogen-bond acceptors (Lipinski definition) is 4. The zero-order valence-electron chi connectivity index (χ0n) is 4.90. The lowest BCUT2D eigenvalue weighted by Crippen LogP contribution is -2.09. The van der Waals surface area contributed by atoms with Gasteiger partial charge in [0.25, 0.3) is 6.47 Å². The minimum Gasteiger partial charge on any atom is -0.409 e.